The van der Waals surface area contributed by atoms with Gasteiger partial charge in [0.1, 0.15) is 0 Å². The van der Waals surface area contributed by atoms with Gasteiger partial charge < -0.3 is 14.7 Å². The Morgan fingerprint density at radius 2 is 1.06 bits per heavy atom. The van der Waals surface area contributed by atoms with Gasteiger partial charge in [-0.15, -0.1) is 0 Å². The van der Waals surface area contributed by atoms with Gasteiger partial charge in [-0.25, -0.2) is 0 Å². The van der Waals surface area contributed by atoms with Crippen LogP contribution in [0.1, 0.15) is 174 Å². The molecule has 0 fully saturated rings. The highest BCUT2D eigenvalue weighted by atomic mass is 15.3. The van der Waals surface area contributed by atoms with Gasteiger partial charge in [-0.1, -0.05) is 224 Å². The summed E-state index contributed by atoms with van der Waals surface area (Å²) >= 11 is 0. The van der Waals surface area contributed by atoms with E-state index in [1.165, 1.54) is 141 Å². The lowest BCUT2D eigenvalue weighted by molar-refractivity contribution is 0.245. The minimum Gasteiger partial charge on any atom is -0.330 e. The number of benzene rings is 9. The molecule has 0 radical (unpaired) electrons. The van der Waals surface area contributed by atoms with E-state index in [0.29, 0.717) is 11.8 Å². The maximum atomic E-state index is 2.82. The summed E-state index contributed by atoms with van der Waals surface area (Å²) in [7, 11) is 0. The second kappa shape index (κ2) is 19.2. The van der Waals surface area contributed by atoms with Gasteiger partial charge in [-0.3, -0.25) is 0 Å². The number of hydrogen-bond donors (Lipinski definition) is 0. The molecule has 0 N–H and O–H groups in total. The summed E-state index contributed by atoms with van der Waals surface area (Å²) < 4.78 is 0. The first kappa shape index (κ1) is 55.3. The normalized spacial score (nSPS) is 20.1. The molecule has 3 unspecified atom stereocenters. The van der Waals surface area contributed by atoms with Crippen molar-refractivity contribution in [2.24, 2.45) is 5.92 Å². The van der Waals surface area contributed by atoms with E-state index in [9.17, 15) is 0 Å². The molecular weight excluding hydrogens is 1030 g/mol. The molecule has 0 spiro atoms. The maximum Gasteiger partial charge on any atom is 0.252 e. The largest absolute Gasteiger partial charge is 0.330 e. The van der Waals surface area contributed by atoms with Crippen LogP contribution in [0, 0.1) is 5.92 Å². The Balaban J connectivity index is 1.16. The molecule has 85 heavy (non-hydrogen) atoms. The van der Waals surface area contributed by atoms with Gasteiger partial charge in [0.15, 0.2) is 0 Å². The van der Waals surface area contributed by atoms with Crippen LogP contribution in [-0.2, 0) is 39.0 Å². The van der Waals surface area contributed by atoms with Crippen molar-refractivity contribution in [2.75, 3.05) is 14.7 Å². The predicted molar refractivity (Wildman–Crippen MR) is 365 cm³/mol. The summed E-state index contributed by atoms with van der Waals surface area (Å²) in [6.07, 6.45) is 4.42. The second-order valence-corrected chi connectivity index (χ2v) is 30.4. The van der Waals surface area contributed by atoms with Crippen molar-refractivity contribution in [1.29, 1.82) is 0 Å². The highest BCUT2D eigenvalue weighted by Gasteiger charge is 2.60. The van der Waals surface area contributed by atoms with Crippen LogP contribution in [0.25, 0.3) is 22.3 Å². The first-order valence-electron chi connectivity index (χ1n) is 31.9. The standard InChI is InChI=1S/C81H86BN3/c1-51(2)61-40-41-79(12,13)65-50-68-72(49-63(61)65)84(69-38-35-57(77(6,7)8)45-62(69)53-27-20-17-21-28-53)74-48-60(47-73-75(74)82(68)67-36-34-58(78(9,10)11)46-71(67)83(73)59-31-24-30-56(44-59)76(3,4)5)85-70-37-33-55(52-25-18-16-19-26-52)43-66(70)80(14)42-39-54-29-22-23-32-64(54)81(80,85)15/h16-38,43-51,61H,39-42H2,1-15H3. The van der Waals surface area contributed by atoms with E-state index in [1.54, 1.807) is 0 Å². The molecule has 2 aliphatic carbocycles. The topological polar surface area (TPSA) is 9.72 Å². The quantitative estimate of drug-likeness (QED) is 0.154. The average Bonchev–Trinajstić information content (AvgIpc) is 1.73. The van der Waals surface area contributed by atoms with Gasteiger partial charge in [0, 0.05) is 50.8 Å². The van der Waals surface area contributed by atoms with Crippen molar-refractivity contribution in [3.63, 3.8) is 0 Å². The lowest BCUT2D eigenvalue weighted by Crippen LogP contribution is -2.62. The van der Waals surface area contributed by atoms with Crippen molar-refractivity contribution in [2.45, 2.75) is 168 Å². The smallest absolute Gasteiger partial charge is 0.252 e. The average molecular weight is 1110 g/mol. The lowest BCUT2D eigenvalue weighted by atomic mass is 9.33. The zero-order chi connectivity index (χ0) is 59.5. The predicted octanol–water partition coefficient (Wildman–Crippen LogP) is 20.1. The fraction of sp³-hybridized carbons (Fsp3) is 0.333. The third kappa shape index (κ3) is 8.49. The number of nitrogens with zero attached hydrogens (tertiary/aromatic N) is 3. The van der Waals surface area contributed by atoms with Gasteiger partial charge in [-0.05, 0) is 204 Å². The Morgan fingerprint density at radius 1 is 0.447 bits per heavy atom. The van der Waals surface area contributed by atoms with Crippen LogP contribution in [0.5, 0.6) is 0 Å². The summed E-state index contributed by atoms with van der Waals surface area (Å²) in [6, 6.07) is 74.4. The zero-order valence-corrected chi connectivity index (χ0v) is 53.3. The number of aryl methyl sites for hydroxylation is 1. The third-order valence-corrected chi connectivity index (χ3v) is 21.4. The van der Waals surface area contributed by atoms with Crippen LogP contribution in [0.3, 0.4) is 0 Å². The molecule has 3 nitrogen and oxygen atoms in total. The molecule has 3 aliphatic heterocycles. The van der Waals surface area contributed by atoms with Crippen LogP contribution in [-0.4, -0.2) is 6.71 Å². The molecule has 0 saturated heterocycles. The lowest BCUT2D eigenvalue weighted by Gasteiger charge is -2.52. The van der Waals surface area contributed by atoms with E-state index in [-0.39, 0.29) is 33.8 Å². The molecule has 0 aromatic heterocycles. The van der Waals surface area contributed by atoms with Gasteiger partial charge >= 0.3 is 0 Å². The van der Waals surface area contributed by atoms with E-state index in [0.717, 1.165) is 12.8 Å². The van der Waals surface area contributed by atoms with Gasteiger partial charge in [-0.2, -0.15) is 0 Å². The van der Waals surface area contributed by atoms with Crippen LogP contribution in [0.4, 0.5) is 45.5 Å². The molecule has 0 saturated carbocycles. The second-order valence-electron chi connectivity index (χ2n) is 30.4. The minimum absolute atomic E-state index is 0.00598. The molecule has 0 bridgehead atoms. The third-order valence-electron chi connectivity index (χ3n) is 21.4. The summed E-state index contributed by atoms with van der Waals surface area (Å²) in [5.74, 6) is 0.941. The Morgan fingerprint density at radius 3 is 1.75 bits per heavy atom. The SMILES string of the molecule is CC(C)C1CCC(C)(C)c2cc3c(cc21)N(c1ccc(C(C)(C)C)cc1-c1ccccc1)c1cc(N2c4ccc(-c5ccccc5)cc4C4(C)CCc5ccccc5C24C)cc2c1B3c1ccc(C(C)(C)C)cc1N2c1cccc(C(C)(C)C)c1. The molecule has 428 valence electrons. The Kier molecular flexibility index (Phi) is 12.5. The number of rotatable bonds is 6. The van der Waals surface area contributed by atoms with E-state index in [1.807, 2.05) is 0 Å². The van der Waals surface area contributed by atoms with E-state index in [4.69, 9.17) is 0 Å². The molecule has 14 rings (SSSR count). The first-order valence-corrected chi connectivity index (χ1v) is 31.9. The van der Waals surface area contributed by atoms with Crippen LogP contribution in [0.15, 0.2) is 188 Å². The van der Waals surface area contributed by atoms with Crippen LogP contribution >= 0.6 is 0 Å². The fourth-order valence-corrected chi connectivity index (χ4v) is 16.2. The van der Waals surface area contributed by atoms with Crippen molar-refractivity contribution >= 4 is 68.6 Å². The summed E-state index contributed by atoms with van der Waals surface area (Å²) in [5.41, 5.74) is 29.4. The molecule has 3 heterocycles. The van der Waals surface area contributed by atoms with E-state index < -0.39 is 5.54 Å². The summed E-state index contributed by atoms with van der Waals surface area (Å²) in [5, 5.41) is 0. The molecule has 0 amide bonds. The Bertz CT molecular complexity index is 4150. The molecule has 9 aromatic carbocycles. The van der Waals surface area contributed by atoms with E-state index >= 15 is 0 Å². The monoisotopic (exact) mass is 1110 g/mol. The first-order chi connectivity index (χ1) is 40.4. The number of hydrogen-bond acceptors (Lipinski definition) is 3. The Hall–Kier alpha value is -7.56. The maximum absolute atomic E-state index is 2.82. The van der Waals surface area contributed by atoms with Crippen molar-refractivity contribution in [3.05, 3.63) is 233 Å². The van der Waals surface area contributed by atoms with E-state index in [2.05, 4.69) is 307 Å². The zero-order valence-electron chi connectivity index (χ0n) is 53.3. The molecule has 3 atom stereocenters. The van der Waals surface area contributed by atoms with Crippen LogP contribution < -0.4 is 31.1 Å². The summed E-state index contributed by atoms with van der Waals surface area (Å²) in [6.45, 7) is 36.3. The number of fused-ring (bicyclic) bond motifs is 10. The number of anilines is 8. The molecule has 9 aromatic rings. The molecular formula is C81H86BN3. The van der Waals surface area contributed by atoms with Crippen molar-refractivity contribution < 1.29 is 0 Å². The fourth-order valence-electron chi connectivity index (χ4n) is 16.2. The van der Waals surface area contributed by atoms with Crippen molar-refractivity contribution in [3.8, 4) is 22.3 Å². The van der Waals surface area contributed by atoms with Gasteiger partial charge in [0.05, 0.1) is 11.2 Å². The van der Waals surface area contributed by atoms with Crippen LogP contribution in [0.2, 0.25) is 0 Å². The highest BCUT2D eigenvalue weighted by molar-refractivity contribution is 7.00. The summed E-state index contributed by atoms with van der Waals surface area (Å²) in [4.78, 5) is 8.29. The van der Waals surface area contributed by atoms with Gasteiger partial charge in [0.2, 0.25) is 0 Å². The highest BCUT2D eigenvalue weighted by Crippen LogP contribution is 2.65. The van der Waals surface area contributed by atoms with Crippen molar-refractivity contribution in [1.82, 2.24) is 0 Å². The molecule has 5 aliphatic rings. The van der Waals surface area contributed by atoms with Gasteiger partial charge in [0.25, 0.3) is 6.71 Å². The molecule has 4 heteroatoms. The minimum atomic E-state index is -0.459. The Labute approximate surface area is 509 Å².